The Morgan fingerprint density at radius 3 is 2.59 bits per heavy atom. The van der Waals surface area contributed by atoms with Crippen LogP contribution in [0.1, 0.15) is 11.1 Å². The lowest BCUT2D eigenvalue weighted by Crippen LogP contribution is -2.28. The summed E-state index contributed by atoms with van der Waals surface area (Å²) >= 11 is 0.663. The first-order valence-electron chi connectivity index (χ1n) is 7.68. The molecule has 2 aromatic rings. The molecule has 0 aliphatic carbocycles. The number of anilines is 1. The zero-order valence-corrected chi connectivity index (χ0v) is 14.3. The fraction of sp³-hybridized carbons (Fsp3) is 0.111. The van der Waals surface area contributed by atoms with Crippen molar-refractivity contribution in [3.8, 4) is 11.5 Å². The molecule has 138 valence electrons. The highest BCUT2D eigenvalue weighted by atomic mass is 32.2. The first kappa shape index (κ1) is 17.5. The van der Waals surface area contributed by atoms with E-state index >= 15 is 0 Å². The Bertz CT molecular complexity index is 987. The van der Waals surface area contributed by atoms with Crippen molar-refractivity contribution < 1.29 is 32.2 Å². The SMILES string of the molecule is O=C1S/C(=C\c2ccc3c(c2)OCO3)C(=O)N1c1cccc(C(F)(F)F)c1. The smallest absolute Gasteiger partial charge is 0.416 e. The number of alkyl halides is 3. The van der Waals surface area contributed by atoms with Crippen LogP contribution in [0.25, 0.3) is 6.08 Å². The van der Waals surface area contributed by atoms with Crippen LogP contribution in [0.15, 0.2) is 47.4 Å². The van der Waals surface area contributed by atoms with Crippen molar-refractivity contribution in [2.75, 3.05) is 11.7 Å². The number of halogens is 3. The normalized spacial score (nSPS) is 17.9. The highest BCUT2D eigenvalue weighted by Crippen LogP contribution is 2.39. The highest BCUT2D eigenvalue weighted by molar-refractivity contribution is 8.19. The second-order valence-corrected chi connectivity index (χ2v) is 6.67. The highest BCUT2D eigenvalue weighted by Gasteiger charge is 2.38. The molecule has 0 bridgehead atoms. The molecule has 0 aromatic heterocycles. The second kappa shape index (κ2) is 6.34. The van der Waals surface area contributed by atoms with Crippen LogP contribution in [0.5, 0.6) is 11.5 Å². The van der Waals surface area contributed by atoms with Gasteiger partial charge in [0.2, 0.25) is 6.79 Å². The molecule has 4 rings (SSSR count). The Kier molecular flexibility index (Phi) is 4.11. The summed E-state index contributed by atoms with van der Waals surface area (Å²) < 4.78 is 49.2. The molecule has 2 aromatic carbocycles. The van der Waals surface area contributed by atoms with E-state index in [1.165, 1.54) is 12.1 Å². The number of hydrogen-bond donors (Lipinski definition) is 0. The number of nitrogens with zero attached hydrogens (tertiary/aromatic N) is 1. The van der Waals surface area contributed by atoms with Crippen molar-refractivity contribution in [1.29, 1.82) is 0 Å². The molecule has 0 unspecified atom stereocenters. The number of hydrogen-bond acceptors (Lipinski definition) is 5. The third-order valence-corrected chi connectivity index (χ3v) is 4.79. The fourth-order valence-corrected chi connectivity index (χ4v) is 3.51. The summed E-state index contributed by atoms with van der Waals surface area (Å²) in [7, 11) is 0. The molecule has 0 radical (unpaired) electrons. The van der Waals surface area contributed by atoms with E-state index in [2.05, 4.69) is 0 Å². The number of thioether (sulfide) groups is 1. The molecule has 0 saturated carbocycles. The number of carbonyl (C=O) groups is 2. The quantitative estimate of drug-likeness (QED) is 0.694. The third-order valence-electron chi connectivity index (χ3n) is 3.92. The van der Waals surface area contributed by atoms with Gasteiger partial charge in [-0.2, -0.15) is 13.2 Å². The number of imide groups is 1. The molecule has 27 heavy (non-hydrogen) atoms. The Morgan fingerprint density at radius 2 is 1.81 bits per heavy atom. The number of rotatable bonds is 2. The zero-order valence-electron chi connectivity index (χ0n) is 13.4. The van der Waals surface area contributed by atoms with Crippen molar-refractivity contribution in [2.24, 2.45) is 0 Å². The summed E-state index contributed by atoms with van der Waals surface area (Å²) in [5.41, 5.74) is -0.450. The molecular weight excluding hydrogens is 383 g/mol. The van der Waals surface area contributed by atoms with E-state index in [0.29, 0.717) is 28.8 Å². The summed E-state index contributed by atoms with van der Waals surface area (Å²) in [4.78, 5) is 25.7. The molecule has 0 N–H and O–H groups in total. The maximum atomic E-state index is 12.9. The molecule has 2 amide bonds. The van der Waals surface area contributed by atoms with Crippen LogP contribution in [-0.2, 0) is 11.0 Å². The van der Waals surface area contributed by atoms with E-state index in [4.69, 9.17) is 9.47 Å². The predicted octanol–water partition coefficient (Wildman–Crippen LogP) is 4.68. The molecule has 0 atom stereocenters. The molecule has 9 heteroatoms. The van der Waals surface area contributed by atoms with Gasteiger partial charge in [0.1, 0.15) is 0 Å². The van der Waals surface area contributed by atoms with Crippen molar-refractivity contribution in [1.82, 2.24) is 0 Å². The summed E-state index contributed by atoms with van der Waals surface area (Å²) in [6, 6.07) is 9.11. The van der Waals surface area contributed by atoms with E-state index in [0.717, 1.165) is 23.1 Å². The van der Waals surface area contributed by atoms with Crippen LogP contribution < -0.4 is 14.4 Å². The van der Waals surface area contributed by atoms with E-state index in [1.807, 2.05) is 0 Å². The van der Waals surface area contributed by atoms with E-state index in [9.17, 15) is 22.8 Å². The molecule has 2 aliphatic heterocycles. The van der Waals surface area contributed by atoms with Gasteiger partial charge < -0.3 is 9.47 Å². The van der Waals surface area contributed by atoms with Crippen LogP contribution in [0.2, 0.25) is 0 Å². The minimum Gasteiger partial charge on any atom is -0.454 e. The van der Waals surface area contributed by atoms with Gasteiger partial charge >= 0.3 is 6.18 Å². The monoisotopic (exact) mass is 393 g/mol. The van der Waals surface area contributed by atoms with Gasteiger partial charge in [-0.1, -0.05) is 12.1 Å². The van der Waals surface area contributed by atoms with Gasteiger partial charge in [-0.15, -0.1) is 0 Å². The lowest BCUT2D eigenvalue weighted by atomic mass is 10.1. The van der Waals surface area contributed by atoms with Gasteiger partial charge in [-0.3, -0.25) is 9.59 Å². The Labute approximate surface area is 155 Å². The van der Waals surface area contributed by atoms with Gasteiger partial charge in [0, 0.05) is 0 Å². The first-order chi connectivity index (χ1) is 12.8. The molecule has 1 saturated heterocycles. The second-order valence-electron chi connectivity index (χ2n) is 5.68. The molecule has 1 fully saturated rings. The zero-order chi connectivity index (χ0) is 19.2. The minimum absolute atomic E-state index is 0.102. The van der Waals surface area contributed by atoms with Gasteiger partial charge in [0.05, 0.1) is 16.2 Å². The molecular formula is C18H10F3NO4S. The van der Waals surface area contributed by atoms with Crippen molar-refractivity contribution in [3.63, 3.8) is 0 Å². The number of ether oxygens (including phenoxy) is 2. The summed E-state index contributed by atoms with van der Waals surface area (Å²) in [6.07, 6.45) is -3.08. The van der Waals surface area contributed by atoms with E-state index in [-0.39, 0.29) is 17.4 Å². The maximum absolute atomic E-state index is 12.9. The van der Waals surface area contributed by atoms with Crippen LogP contribution in [0.4, 0.5) is 23.7 Å². The minimum atomic E-state index is -4.57. The summed E-state index contributed by atoms with van der Waals surface area (Å²) in [6.45, 7) is 0.102. The third kappa shape index (κ3) is 3.25. The lowest BCUT2D eigenvalue weighted by molar-refractivity contribution is -0.137. The molecule has 5 nitrogen and oxygen atoms in total. The standard InChI is InChI=1S/C18H10F3NO4S/c19-18(20,21)11-2-1-3-12(8-11)22-16(23)15(27-17(22)24)7-10-4-5-13-14(6-10)26-9-25-13/h1-8H,9H2/b15-7-. The van der Waals surface area contributed by atoms with E-state index in [1.54, 1.807) is 18.2 Å². The number of benzene rings is 2. The summed E-state index contributed by atoms with van der Waals surface area (Å²) in [5.74, 6) is 0.409. The number of amides is 2. The Morgan fingerprint density at radius 1 is 1.04 bits per heavy atom. The van der Waals surface area contributed by atoms with Crippen LogP contribution in [0.3, 0.4) is 0 Å². The van der Waals surface area contributed by atoms with Gasteiger partial charge in [-0.05, 0) is 53.7 Å². The molecule has 2 aliphatic rings. The summed E-state index contributed by atoms with van der Waals surface area (Å²) in [5, 5.41) is -0.661. The van der Waals surface area contributed by atoms with Gasteiger partial charge in [0.25, 0.3) is 11.1 Å². The maximum Gasteiger partial charge on any atom is 0.416 e. The molecule has 0 spiro atoms. The van der Waals surface area contributed by atoms with Crippen LogP contribution in [-0.4, -0.2) is 17.9 Å². The average molecular weight is 393 g/mol. The Balaban J connectivity index is 1.65. The fourth-order valence-electron chi connectivity index (χ4n) is 2.67. The lowest BCUT2D eigenvalue weighted by Gasteiger charge is -2.14. The van der Waals surface area contributed by atoms with Crippen LogP contribution in [0, 0.1) is 0 Å². The van der Waals surface area contributed by atoms with Crippen LogP contribution >= 0.6 is 11.8 Å². The molecule has 2 heterocycles. The van der Waals surface area contributed by atoms with Crippen molar-refractivity contribution >= 4 is 34.7 Å². The van der Waals surface area contributed by atoms with E-state index < -0.39 is 22.9 Å². The predicted molar refractivity (Wildman–Crippen MR) is 92.5 cm³/mol. The van der Waals surface area contributed by atoms with Crippen molar-refractivity contribution in [3.05, 3.63) is 58.5 Å². The van der Waals surface area contributed by atoms with Gasteiger partial charge in [0.15, 0.2) is 11.5 Å². The number of fused-ring (bicyclic) bond motifs is 1. The first-order valence-corrected chi connectivity index (χ1v) is 8.49. The van der Waals surface area contributed by atoms with Gasteiger partial charge in [-0.25, -0.2) is 4.90 Å². The topological polar surface area (TPSA) is 55.8 Å². The largest absolute Gasteiger partial charge is 0.454 e. The average Bonchev–Trinajstić information content (AvgIpc) is 3.18. The Hall–Kier alpha value is -2.94. The number of carbonyl (C=O) groups excluding carboxylic acids is 2. The van der Waals surface area contributed by atoms with Crippen molar-refractivity contribution in [2.45, 2.75) is 6.18 Å².